The molecular formula is C22H24F3N5OS. The summed E-state index contributed by atoms with van der Waals surface area (Å²) in [7, 11) is 0. The molecule has 1 atom stereocenters. The summed E-state index contributed by atoms with van der Waals surface area (Å²) in [6, 6.07) is 6.51. The number of piperidine rings is 1. The Balaban J connectivity index is 1.51. The van der Waals surface area contributed by atoms with Gasteiger partial charge in [-0.15, -0.1) is 11.3 Å². The summed E-state index contributed by atoms with van der Waals surface area (Å²) < 4.78 is 38.8. The van der Waals surface area contributed by atoms with Crippen molar-refractivity contribution in [2.24, 2.45) is 0 Å². The topological polar surface area (TPSA) is 74.2 Å². The summed E-state index contributed by atoms with van der Waals surface area (Å²) in [5.41, 5.74) is 0.793. The molecule has 170 valence electrons. The first-order chi connectivity index (χ1) is 15.1. The number of halogens is 3. The molecule has 0 amide bonds. The van der Waals surface area contributed by atoms with Gasteiger partial charge in [0, 0.05) is 24.6 Å². The SMILES string of the molecule is Cc1cc(Nc2nccc(C(F)(F)F)n2)cc(-c2cnc(CN3CCCC(C)(O)C3)s2)c1. The lowest BCUT2D eigenvalue weighted by molar-refractivity contribution is -0.141. The molecule has 1 fully saturated rings. The van der Waals surface area contributed by atoms with Crippen LogP contribution in [0.1, 0.15) is 36.0 Å². The minimum atomic E-state index is -4.53. The number of β-amino-alcohol motifs (C(OH)–C–C–N with tert-alkyl or cyclic N) is 1. The zero-order valence-corrected chi connectivity index (χ0v) is 18.6. The number of aromatic nitrogens is 3. The first kappa shape index (κ1) is 22.6. The second kappa shape index (κ2) is 8.76. The van der Waals surface area contributed by atoms with E-state index in [0.29, 0.717) is 18.8 Å². The molecule has 6 nitrogen and oxygen atoms in total. The van der Waals surface area contributed by atoms with Crippen LogP contribution in [0.5, 0.6) is 0 Å². The number of hydrogen-bond donors (Lipinski definition) is 2. The Labute approximate surface area is 188 Å². The van der Waals surface area contributed by atoms with Gasteiger partial charge in [-0.3, -0.25) is 4.90 Å². The smallest absolute Gasteiger partial charge is 0.389 e. The summed E-state index contributed by atoms with van der Waals surface area (Å²) in [5, 5.41) is 14.1. The Morgan fingerprint density at radius 3 is 2.81 bits per heavy atom. The van der Waals surface area contributed by atoms with Crippen LogP contribution in [0, 0.1) is 6.92 Å². The van der Waals surface area contributed by atoms with Crippen LogP contribution in [0.15, 0.2) is 36.7 Å². The first-order valence-corrected chi connectivity index (χ1v) is 11.1. The summed E-state index contributed by atoms with van der Waals surface area (Å²) in [4.78, 5) is 15.2. The van der Waals surface area contributed by atoms with Gasteiger partial charge in [-0.05, 0) is 62.6 Å². The third-order valence-electron chi connectivity index (χ3n) is 5.23. The van der Waals surface area contributed by atoms with Crippen LogP contribution < -0.4 is 5.32 Å². The number of aryl methyl sites for hydroxylation is 1. The predicted molar refractivity (Wildman–Crippen MR) is 118 cm³/mol. The van der Waals surface area contributed by atoms with Crippen LogP contribution in [-0.4, -0.2) is 43.6 Å². The molecule has 0 bridgehead atoms. The monoisotopic (exact) mass is 463 g/mol. The highest BCUT2D eigenvalue weighted by Crippen LogP contribution is 2.32. The van der Waals surface area contributed by atoms with E-state index in [2.05, 4.69) is 25.2 Å². The molecule has 32 heavy (non-hydrogen) atoms. The number of aliphatic hydroxyl groups is 1. The van der Waals surface area contributed by atoms with Crippen LogP contribution in [0.25, 0.3) is 10.4 Å². The fraction of sp³-hybridized carbons (Fsp3) is 0.409. The average Bonchev–Trinajstić information content (AvgIpc) is 3.15. The molecule has 1 unspecified atom stereocenters. The summed E-state index contributed by atoms with van der Waals surface area (Å²) in [6.07, 6.45) is 0.124. The average molecular weight is 464 g/mol. The number of benzene rings is 1. The van der Waals surface area contributed by atoms with Gasteiger partial charge in [0.05, 0.1) is 17.0 Å². The molecule has 10 heteroatoms. The van der Waals surface area contributed by atoms with E-state index in [1.54, 1.807) is 17.5 Å². The molecule has 1 saturated heterocycles. The molecule has 2 N–H and O–H groups in total. The number of nitrogens with zero attached hydrogens (tertiary/aromatic N) is 4. The normalized spacial score (nSPS) is 19.8. The van der Waals surface area contributed by atoms with Crippen molar-refractivity contribution in [2.45, 2.75) is 45.0 Å². The maximum Gasteiger partial charge on any atom is 0.433 e. The number of hydrogen-bond acceptors (Lipinski definition) is 7. The number of alkyl halides is 3. The third kappa shape index (κ3) is 5.62. The first-order valence-electron chi connectivity index (χ1n) is 10.3. The Kier molecular flexibility index (Phi) is 6.19. The molecule has 1 aliphatic rings. The van der Waals surface area contributed by atoms with E-state index in [-0.39, 0.29) is 5.95 Å². The van der Waals surface area contributed by atoms with Gasteiger partial charge in [0.1, 0.15) is 10.7 Å². The van der Waals surface area contributed by atoms with E-state index in [0.717, 1.165) is 52.7 Å². The number of nitrogens with one attached hydrogen (secondary N) is 1. The minimum Gasteiger partial charge on any atom is -0.389 e. The zero-order valence-electron chi connectivity index (χ0n) is 17.8. The highest BCUT2D eigenvalue weighted by atomic mass is 32.1. The molecule has 3 aromatic rings. The van der Waals surface area contributed by atoms with Crippen LogP contribution in [-0.2, 0) is 12.7 Å². The molecule has 0 aliphatic carbocycles. The van der Waals surface area contributed by atoms with Gasteiger partial charge in [0.25, 0.3) is 0 Å². The van der Waals surface area contributed by atoms with Crippen molar-refractivity contribution < 1.29 is 18.3 Å². The fourth-order valence-electron chi connectivity index (χ4n) is 3.87. The lowest BCUT2D eigenvalue weighted by Gasteiger charge is -2.36. The van der Waals surface area contributed by atoms with Gasteiger partial charge >= 0.3 is 6.18 Å². The molecule has 0 spiro atoms. The van der Waals surface area contributed by atoms with Crippen LogP contribution in [0.4, 0.5) is 24.8 Å². The Morgan fingerprint density at radius 2 is 2.06 bits per heavy atom. The molecule has 3 heterocycles. The van der Waals surface area contributed by atoms with Gasteiger partial charge in [-0.2, -0.15) is 13.2 Å². The van der Waals surface area contributed by atoms with Crippen LogP contribution >= 0.6 is 11.3 Å². The fourth-order valence-corrected chi connectivity index (χ4v) is 4.82. The second-order valence-corrected chi connectivity index (χ2v) is 9.52. The predicted octanol–water partition coefficient (Wildman–Crippen LogP) is 5.02. The Morgan fingerprint density at radius 1 is 1.25 bits per heavy atom. The standard InChI is InChI=1S/C22H24F3N5OS/c1-14-8-15(10-16(9-14)28-20-26-6-4-18(29-20)22(23,24)25)17-11-27-19(32-17)12-30-7-3-5-21(2,31)13-30/h4,6,8-11,31H,3,5,7,12-13H2,1-2H3,(H,26,28,29). The number of likely N-dealkylation sites (tertiary alicyclic amines) is 1. The summed E-state index contributed by atoms with van der Waals surface area (Å²) in [5.74, 6) is -0.112. The molecule has 2 aromatic heterocycles. The lowest BCUT2D eigenvalue weighted by atomic mass is 9.95. The molecule has 1 aliphatic heterocycles. The van der Waals surface area contributed by atoms with Crippen molar-refractivity contribution in [3.8, 4) is 10.4 Å². The Bertz CT molecular complexity index is 1100. The lowest BCUT2D eigenvalue weighted by Crippen LogP contribution is -2.45. The summed E-state index contributed by atoms with van der Waals surface area (Å²) >= 11 is 1.57. The van der Waals surface area contributed by atoms with Crippen molar-refractivity contribution >= 4 is 23.0 Å². The van der Waals surface area contributed by atoms with E-state index in [1.807, 2.05) is 32.0 Å². The van der Waals surface area contributed by atoms with Gasteiger partial charge in [-0.1, -0.05) is 6.07 Å². The van der Waals surface area contributed by atoms with Crippen molar-refractivity contribution in [2.75, 3.05) is 18.4 Å². The van der Waals surface area contributed by atoms with E-state index in [9.17, 15) is 18.3 Å². The van der Waals surface area contributed by atoms with Crippen molar-refractivity contribution in [1.29, 1.82) is 0 Å². The molecule has 4 rings (SSSR count). The van der Waals surface area contributed by atoms with Gasteiger partial charge in [0.15, 0.2) is 0 Å². The van der Waals surface area contributed by atoms with E-state index >= 15 is 0 Å². The minimum absolute atomic E-state index is 0.112. The largest absolute Gasteiger partial charge is 0.433 e. The maximum atomic E-state index is 12.9. The van der Waals surface area contributed by atoms with Gasteiger partial charge < -0.3 is 10.4 Å². The third-order valence-corrected chi connectivity index (χ3v) is 6.26. The molecule has 0 saturated carbocycles. The highest BCUT2D eigenvalue weighted by Gasteiger charge is 2.33. The van der Waals surface area contributed by atoms with Gasteiger partial charge in [0.2, 0.25) is 5.95 Å². The van der Waals surface area contributed by atoms with Crippen molar-refractivity contribution in [3.05, 3.63) is 52.9 Å². The van der Waals surface area contributed by atoms with Crippen molar-refractivity contribution in [3.63, 3.8) is 0 Å². The Hall–Kier alpha value is -2.56. The highest BCUT2D eigenvalue weighted by molar-refractivity contribution is 7.15. The van der Waals surface area contributed by atoms with Crippen LogP contribution in [0.2, 0.25) is 0 Å². The van der Waals surface area contributed by atoms with E-state index in [4.69, 9.17) is 0 Å². The van der Waals surface area contributed by atoms with Gasteiger partial charge in [-0.25, -0.2) is 15.0 Å². The second-order valence-electron chi connectivity index (χ2n) is 8.41. The summed E-state index contributed by atoms with van der Waals surface area (Å²) in [6.45, 7) is 6.01. The van der Waals surface area contributed by atoms with Crippen LogP contribution in [0.3, 0.4) is 0 Å². The number of rotatable bonds is 5. The quantitative estimate of drug-likeness (QED) is 0.554. The zero-order chi connectivity index (χ0) is 22.9. The molecule has 1 aromatic carbocycles. The molecule has 0 radical (unpaired) electrons. The van der Waals surface area contributed by atoms with Crippen molar-refractivity contribution in [1.82, 2.24) is 19.9 Å². The maximum absolute atomic E-state index is 12.9. The van der Waals surface area contributed by atoms with E-state index in [1.165, 1.54) is 0 Å². The number of thiazole rings is 1. The van der Waals surface area contributed by atoms with E-state index < -0.39 is 17.5 Å². The molecular weight excluding hydrogens is 439 g/mol. The number of anilines is 2.